The Bertz CT molecular complexity index is 219. The maximum Gasteiger partial charge on any atom is 0.305 e. The van der Waals surface area contributed by atoms with Crippen LogP contribution in [0.15, 0.2) is 0 Å². The number of carboxylic acids is 1. The van der Waals surface area contributed by atoms with Crippen molar-refractivity contribution in [2.45, 2.75) is 89.6 Å². The molecule has 0 aliphatic heterocycles. The molecule has 20 heavy (non-hydrogen) atoms. The van der Waals surface area contributed by atoms with E-state index in [4.69, 9.17) is 10.2 Å². The standard InChI is InChI=1S/C16H32O4/c17-13-11-9-7-5-3-1-2-4-6-8-10-12-15(18)14-16(19)20/h15,17-18H,1-14H2,(H,19,20). The summed E-state index contributed by atoms with van der Waals surface area (Å²) in [5, 5.41) is 26.5. The van der Waals surface area contributed by atoms with Crippen molar-refractivity contribution >= 4 is 5.97 Å². The van der Waals surface area contributed by atoms with Gasteiger partial charge in [-0.3, -0.25) is 4.79 Å². The van der Waals surface area contributed by atoms with Crippen LogP contribution >= 0.6 is 0 Å². The summed E-state index contributed by atoms with van der Waals surface area (Å²) in [6, 6.07) is 0. The number of hydrogen-bond donors (Lipinski definition) is 3. The van der Waals surface area contributed by atoms with Crippen molar-refractivity contribution in [3.8, 4) is 0 Å². The molecular weight excluding hydrogens is 256 g/mol. The van der Waals surface area contributed by atoms with E-state index in [1.54, 1.807) is 0 Å². The lowest BCUT2D eigenvalue weighted by atomic mass is 10.0. The Balaban J connectivity index is 3.08. The van der Waals surface area contributed by atoms with Crippen LogP contribution in [0.5, 0.6) is 0 Å². The van der Waals surface area contributed by atoms with E-state index in [1.807, 2.05) is 0 Å². The van der Waals surface area contributed by atoms with Crippen molar-refractivity contribution < 1.29 is 20.1 Å². The highest BCUT2D eigenvalue weighted by molar-refractivity contribution is 5.67. The highest BCUT2D eigenvalue weighted by Gasteiger charge is 2.08. The third-order valence-corrected chi connectivity index (χ3v) is 3.61. The first kappa shape index (κ1) is 19.4. The van der Waals surface area contributed by atoms with Gasteiger partial charge in [-0.25, -0.2) is 0 Å². The molecule has 0 rings (SSSR count). The molecule has 1 unspecified atom stereocenters. The number of carbonyl (C=O) groups is 1. The summed E-state index contributed by atoms with van der Waals surface area (Å²) < 4.78 is 0. The van der Waals surface area contributed by atoms with Crippen LogP contribution in [0.2, 0.25) is 0 Å². The Kier molecular flexibility index (Phi) is 14.3. The molecule has 4 heteroatoms. The van der Waals surface area contributed by atoms with Crippen molar-refractivity contribution in [1.29, 1.82) is 0 Å². The molecule has 3 N–H and O–H groups in total. The van der Waals surface area contributed by atoms with Gasteiger partial charge in [0.05, 0.1) is 12.5 Å². The topological polar surface area (TPSA) is 77.8 Å². The average Bonchev–Trinajstić information content (AvgIpc) is 2.39. The second-order valence-corrected chi connectivity index (χ2v) is 5.65. The minimum Gasteiger partial charge on any atom is -0.481 e. The third kappa shape index (κ3) is 15.4. The maximum atomic E-state index is 10.4. The van der Waals surface area contributed by atoms with Crippen LogP contribution in [0, 0.1) is 0 Å². The summed E-state index contributed by atoms with van der Waals surface area (Å²) in [5.41, 5.74) is 0. The smallest absolute Gasteiger partial charge is 0.305 e. The van der Waals surface area contributed by atoms with Crippen molar-refractivity contribution in [1.82, 2.24) is 0 Å². The predicted octanol–water partition coefficient (Wildman–Crippen LogP) is 3.50. The van der Waals surface area contributed by atoms with E-state index >= 15 is 0 Å². The van der Waals surface area contributed by atoms with Crippen molar-refractivity contribution in [2.24, 2.45) is 0 Å². The lowest BCUT2D eigenvalue weighted by Gasteiger charge is -2.07. The number of aliphatic hydroxyl groups is 2. The first-order valence-corrected chi connectivity index (χ1v) is 8.17. The van der Waals surface area contributed by atoms with Crippen molar-refractivity contribution in [3.63, 3.8) is 0 Å². The summed E-state index contributed by atoms with van der Waals surface area (Å²) in [6.45, 7) is 0.321. The molecule has 120 valence electrons. The van der Waals surface area contributed by atoms with Crippen LogP contribution in [0.1, 0.15) is 83.5 Å². The zero-order valence-electron chi connectivity index (χ0n) is 12.7. The van der Waals surface area contributed by atoms with Crippen LogP contribution in [0.25, 0.3) is 0 Å². The van der Waals surface area contributed by atoms with E-state index in [0.29, 0.717) is 13.0 Å². The zero-order chi connectivity index (χ0) is 15.1. The molecule has 0 amide bonds. The summed E-state index contributed by atoms with van der Waals surface area (Å²) >= 11 is 0. The van der Waals surface area contributed by atoms with Gasteiger partial charge >= 0.3 is 5.97 Å². The normalized spacial score (nSPS) is 12.5. The Morgan fingerprint density at radius 2 is 1.15 bits per heavy atom. The highest BCUT2D eigenvalue weighted by atomic mass is 16.4. The third-order valence-electron chi connectivity index (χ3n) is 3.61. The molecule has 0 aliphatic carbocycles. The molecule has 0 fully saturated rings. The number of carboxylic acid groups (broad SMARTS) is 1. The van der Waals surface area contributed by atoms with Gasteiger partial charge in [0.1, 0.15) is 0 Å². The number of hydrogen-bond acceptors (Lipinski definition) is 3. The van der Waals surface area contributed by atoms with Crippen LogP contribution < -0.4 is 0 Å². The lowest BCUT2D eigenvalue weighted by Crippen LogP contribution is -2.12. The monoisotopic (exact) mass is 288 g/mol. The van der Waals surface area contributed by atoms with Crippen LogP contribution in [-0.2, 0) is 4.79 Å². The second kappa shape index (κ2) is 14.8. The first-order chi connectivity index (χ1) is 9.66. The highest BCUT2D eigenvalue weighted by Crippen LogP contribution is 2.13. The molecule has 0 aromatic rings. The number of rotatable bonds is 15. The van der Waals surface area contributed by atoms with E-state index in [9.17, 15) is 9.90 Å². The van der Waals surface area contributed by atoms with Crippen LogP contribution in [0.3, 0.4) is 0 Å². The zero-order valence-corrected chi connectivity index (χ0v) is 12.7. The molecule has 1 atom stereocenters. The SMILES string of the molecule is O=C(O)CC(O)CCCCCCCCCCCCCO. The number of unbranched alkanes of at least 4 members (excludes halogenated alkanes) is 10. The van der Waals surface area contributed by atoms with E-state index in [0.717, 1.165) is 25.7 Å². The van der Waals surface area contributed by atoms with Gasteiger partial charge in [-0.05, 0) is 12.8 Å². The number of aliphatic hydroxyl groups excluding tert-OH is 2. The van der Waals surface area contributed by atoms with E-state index in [2.05, 4.69) is 0 Å². The van der Waals surface area contributed by atoms with Gasteiger partial charge < -0.3 is 15.3 Å². The fourth-order valence-corrected chi connectivity index (χ4v) is 2.39. The van der Waals surface area contributed by atoms with E-state index in [-0.39, 0.29) is 6.42 Å². The predicted molar refractivity (Wildman–Crippen MR) is 80.7 cm³/mol. The van der Waals surface area contributed by atoms with Gasteiger partial charge in [0.15, 0.2) is 0 Å². The Morgan fingerprint density at radius 3 is 1.55 bits per heavy atom. The van der Waals surface area contributed by atoms with Gasteiger partial charge in [-0.2, -0.15) is 0 Å². The van der Waals surface area contributed by atoms with Gasteiger partial charge in [0, 0.05) is 6.61 Å². The summed E-state index contributed by atoms with van der Waals surface area (Å²) in [7, 11) is 0. The summed E-state index contributed by atoms with van der Waals surface area (Å²) in [5.74, 6) is -0.920. The lowest BCUT2D eigenvalue weighted by molar-refractivity contribution is -0.139. The van der Waals surface area contributed by atoms with Crippen molar-refractivity contribution in [3.05, 3.63) is 0 Å². The molecule has 0 spiro atoms. The largest absolute Gasteiger partial charge is 0.481 e. The van der Waals surface area contributed by atoms with Gasteiger partial charge in [0.25, 0.3) is 0 Å². The molecule has 0 aliphatic rings. The van der Waals surface area contributed by atoms with Crippen LogP contribution in [0.4, 0.5) is 0 Å². The molecule has 0 bridgehead atoms. The number of aliphatic carboxylic acids is 1. The minimum atomic E-state index is -0.920. The van der Waals surface area contributed by atoms with Gasteiger partial charge in [0.2, 0.25) is 0 Å². The Labute approximate surface area is 123 Å². The Hall–Kier alpha value is -0.610. The molecule has 0 aromatic heterocycles. The summed E-state index contributed by atoms with van der Waals surface area (Å²) in [4.78, 5) is 10.4. The van der Waals surface area contributed by atoms with E-state index in [1.165, 1.54) is 44.9 Å². The molecule has 4 nitrogen and oxygen atoms in total. The second-order valence-electron chi connectivity index (χ2n) is 5.65. The molecule has 0 aromatic carbocycles. The minimum absolute atomic E-state index is 0.129. The molecular formula is C16H32O4. The fraction of sp³-hybridized carbons (Fsp3) is 0.938. The van der Waals surface area contributed by atoms with Crippen molar-refractivity contribution in [2.75, 3.05) is 6.61 Å². The fourth-order valence-electron chi connectivity index (χ4n) is 2.39. The Morgan fingerprint density at radius 1 is 0.750 bits per heavy atom. The quantitative estimate of drug-likeness (QED) is 0.403. The molecule has 0 saturated heterocycles. The molecule has 0 radical (unpaired) electrons. The molecule has 0 saturated carbocycles. The summed E-state index contributed by atoms with van der Waals surface area (Å²) in [6.07, 6.45) is 12.7. The average molecular weight is 288 g/mol. The van der Waals surface area contributed by atoms with Gasteiger partial charge in [-0.15, -0.1) is 0 Å². The maximum absolute atomic E-state index is 10.4. The van der Waals surface area contributed by atoms with Crippen LogP contribution in [-0.4, -0.2) is 34.0 Å². The van der Waals surface area contributed by atoms with Gasteiger partial charge in [-0.1, -0.05) is 64.2 Å². The van der Waals surface area contributed by atoms with E-state index < -0.39 is 12.1 Å². The first-order valence-electron chi connectivity index (χ1n) is 8.17. The molecule has 0 heterocycles.